The van der Waals surface area contributed by atoms with Crippen LogP contribution >= 0.6 is 27.7 Å². The maximum Gasteiger partial charge on any atom is 0.491 e. The minimum absolute atomic E-state index is 0.112. The van der Waals surface area contributed by atoms with Crippen molar-refractivity contribution in [2.45, 2.75) is 4.90 Å². The molecule has 13 heavy (non-hydrogen) atoms. The van der Waals surface area contributed by atoms with Crippen LogP contribution in [0.2, 0.25) is 0 Å². The second kappa shape index (κ2) is 4.46. The Bertz CT molecular complexity index is 322. The average molecular weight is 265 g/mol. The van der Waals surface area contributed by atoms with Crippen molar-refractivity contribution in [2.24, 2.45) is 0 Å². The maximum atomic E-state index is 13.3. The zero-order valence-electron chi connectivity index (χ0n) is 6.79. The third-order valence-corrected chi connectivity index (χ3v) is 2.72. The van der Waals surface area contributed by atoms with E-state index in [4.69, 9.17) is 10.0 Å². The van der Waals surface area contributed by atoms with Crippen LogP contribution in [0.15, 0.2) is 21.5 Å². The Kier molecular flexibility index (Phi) is 3.79. The Labute approximate surface area is 88.4 Å². The van der Waals surface area contributed by atoms with Gasteiger partial charge in [0.15, 0.2) is 0 Å². The van der Waals surface area contributed by atoms with Crippen LogP contribution in [0.5, 0.6) is 0 Å². The first-order chi connectivity index (χ1) is 6.06. The van der Waals surface area contributed by atoms with E-state index in [1.807, 2.05) is 0 Å². The van der Waals surface area contributed by atoms with Crippen LogP contribution in [0.1, 0.15) is 0 Å². The first-order valence-electron chi connectivity index (χ1n) is 3.45. The van der Waals surface area contributed by atoms with Gasteiger partial charge in [-0.3, -0.25) is 0 Å². The summed E-state index contributed by atoms with van der Waals surface area (Å²) >= 11 is 4.37. The van der Waals surface area contributed by atoms with E-state index >= 15 is 0 Å². The van der Waals surface area contributed by atoms with E-state index in [0.717, 1.165) is 0 Å². The monoisotopic (exact) mass is 264 g/mol. The van der Waals surface area contributed by atoms with Gasteiger partial charge in [0.1, 0.15) is 5.82 Å². The minimum Gasteiger partial charge on any atom is -0.423 e. The molecule has 0 spiro atoms. The van der Waals surface area contributed by atoms with Crippen LogP contribution < -0.4 is 5.46 Å². The van der Waals surface area contributed by atoms with E-state index in [1.54, 1.807) is 12.3 Å². The molecule has 0 aliphatic heterocycles. The molecule has 1 aromatic carbocycles. The molecule has 0 fully saturated rings. The van der Waals surface area contributed by atoms with Crippen molar-refractivity contribution in [2.75, 3.05) is 6.26 Å². The Hall–Kier alpha value is -0.0351. The fourth-order valence-corrected chi connectivity index (χ4v) is 2.09. The third-order valence-electron chi connectivity index (χ3n) is 1.53. The van der Waals surface area contributed by atoms with E-state index in [0.29, 0.717) is 9.37 Å². The first kappa shape index (κ1) is 11.0. The maximum absolute atomic E-state index is 13.3. The van der Waals surface area contributed by atoms with Gasteiger partial charge in [0.05, 0.1) is 0 Å². The van der Waals surface area contributed by atoms with Crippen molar-refractivity contribution >= 4 is 40.3 Å². The summed E-state index contributed by atoms with van der Waals surface area (Å²) in [6, 6.07) is 2.94. The highest BCUT2D eigenvalue weighted by Crippen LogP contribution is 2.22. The van der Waals surface area contributed by atoms with E-state index in [-0.39, 0.29) is 5.46 Å². The van der Waals surface area contributed by atoms with Crippen LogP contribution in [0.25, 0.3) is 0 Å². The van der Waals surface area contributed by atoms with Crippen molar-refractivity contribution in [3.8, 4) is 0 Å². The molecule has 0 aliphatic rings. The first-order valence-corrected chi connectivity index (χ1v) is 5.47. The fourth-order valence-electron chi connectivity index (χ4n) is 0.921. The van der Waals surface area contributed by atoms with Crippen molar-refractivity contribution in [3.63, 3.8) is 0 Å². The predicted octanol–water partition coefficient (Wildman–Crippen LogP) is 0.990. The molecule has 0 aliphatic carbocycles. The summed E-state index contributed by atoms with van der Waals surface area (Å²) in [5, 5.41) is 17.7. The summed E-state index contributed by atoms with van der Waals surface area (Å²) in [5.74, 6) is -0.578. The van der Waals surface area contributed by atoms with Crippen LogP contribution in [-0.4, -0.2) is 23.4 Å². The van der Waals surface area contributed by atoms with Gasteiger partial charge in [-0.1, -0.05) is 15.9 Å². The number of hydrogen-bond donors (Lipinski definition) is 2. The molecule has 1 rings (SSSR count). The molecule has 0 bridgehead atoms. The molecule has 2 N–H and O–H groups in total. The summed E-state index contributed by atoms with van der Waals surface area (Å²) in [7, 11) is -1.77. The summed E-state index contributed by atoms with van der Waals surface area (Å²) in [6.45, 7) is 0. The van der Waals surface area contributed by atoms with Crippen molar-refractivity contribution < 1.29 is 14.4 Å². The predicted molar refractivity (Wildman–Crippen MR) is 55.7 cm³/mol. The highest BCUT2D eigenvalue weighted by atomic mass is 79.9. The van der Waals surface area contributed by atoms with Gasteiger partial charge in [-0.2, -0.15) is 0 Å². The number of rotatable bonds is 2. The second-order valence-corrected chi connectivity index (χ2v) is 4.15. The number of benzene rings is 1. The number of thioether (sulfide) groups is 1. The third kappa shape index (κ3) is 2.46. The summed E-state index contributed by atoms with van der Waals surface area (Å²) in [4.78, 5) is 0.387. The Balaban J connectivity index is 3.27. The molecule has 0 aromatic heterocycles. The van der Waals surface area contributed by atoms with E-state index in [9.17, 15) is 4.39 Å². The quantitative estimate of drug-likeness (QED) is 0.618. The van der Waals surface area contributed by atoms with Crippen molar-refractivity contribution in [1.29, 1.82) is 0 Å². The lowest BCUT2D eigenvalue weighted by atomic mass is 9.80. The van der Waals surface area contributed by atoms with Crippen molar-refractivity contribution in [1.82, 2.24) is 0 Å². The van der Waals surface area contributed by atoms with Crippen LogP contribution in [0, 0.1) is 5.82 Å². The smallest absolute Gasteiger partial charge is 0.423 e. The summed E-state index contributed by atoms with van der Waals surface area (Å²) in [6.07, 6.45) is 1.72. The van der Waals surface area contributed by atoms with Crippen LogP contribution in [0.3, 0.4) is 0 Å². The Morgan fingerprint density at radius 2 is 2.08 bits per heavy atom. The van der Waals surface area contributed by atoms with E-state index in [2.05, 4.69) is 15.9 Å². The molecule has 0 amide bonds. The SMILES string of the molecule is CSc1cc(Br)cc(B(O)O)c1F. The van der Waals surface area contributed by atoms with Gasteiger partial charge in [0, 0.05) is 14.8 Å². The van der Waals surface area contributed by atoms with Gasteiger partial charge in [-0.25, -0.2) is 4.39 Å². The van der Waals surface area contributed by atoms with Gasteiger partial charge >= 0.3 is 7.12 Å². The van der Waals surface area contributed by atoms with Gasteiger partial charge < -0.3 is 10.0 Å². The van der Waals surface area contributed by atoms with E-state index < -0.39 is 12.9 Å². The van der Waals surface area contributed by atoms with Crippen LogP contribution in [-0.2, 0) is 0 Å². The molecule has 0 radical (unpaired) electrons. The van der Waals surface area contributed by atoms with E-state index in [1.165, 1.54) is 17.8 Å². The highest BCUT2D eigenvalue weighted by molar-refractivity contribution is 9.10. The number of halogens is 2. The Morgan fingerprint density at radius 1 is 1.46 bits per heavy atom. The lowest BCUT2D eigenvalue weighted by Crippen LogP contribution is -2.33. The molecule has 0 saturated heterocycles. The molecule has 0 atom stereocenters. The molecular formula is C7H7BBrFO2S. The van der Waals surface area contributed by atoms with Gasteiger partial charge in [-0.05, 0) is 18.4 Å². The lowest BCUT2D eigenvalue weighted by Gasteiger charge is -2.06. The van der Waals surface area contributed by atoms with Crippen LogP contribution in [0.4, 0.5) is 4.39 Å². The topological polar surface area (TPSA) is 40.5 Å². The molecule has 0 unspecified atom stereocenters. The average Bonchev–Trinajstić information content (AvgIpc) is 2.08. The molecule has 0 heterocycles. The largest absolute Gasteiger partial charge is 0.491 e. The van der Waals surface area contributed by atoms with Crippen molar-refractivity contribution in [3.05, 3.63) is 22.4 Å². The standard InChI is InChI=1S/C7H7BBrFO2S/c1-13-6-3-4(9)2-5(7(6)10)8(11)12/h2-3,11-12H,1H3. The fraction of sp³-hybridized carbons (Fsp3) is 0.143. The normalized spacial score (nSPS) is 10.2. The van der Waals surface area contributed by atoms with Gasteiger partial charge in [0.25, 0.3) is 0 Å². The zero-order valence-corrected chi connectivity index (χ0v) is 9.19. The summed E-state index contributed by atoms with van der Waals surface area (Å²) < 4.78 is 14.0. The van der Waals surface area contributed by atoms with Gasteiger partial charge in [-0.15, -0.1) is 11.8 Å². The molecular weight excluding hydrogens is 258 g/mol. The second-order valence-electron chi connectivity index (χ2n) is 2.38. The molecule has 2 nitrogen and oxygen atoms in total. The lowest BCUT2D eigenvalue weighted by molar-refractivity contribution is 0.422. The minimum atomic E-state index is -1.77. The summed E-state index contributed by atoms with van der Waals surface area (Å²) in [5.41, 5.74) is -0.112. The molecule has 1 aromatic rings. The zero-order chi connectivity index (χ0) is 10.0. The Morgan fingerprint density at radius 3 is 2.54 bits per heavy atom. The van der Waals surface area contributed by atoms with Gasteiger partial charge in [0.2, 0.25) is 0 Å². The highest BCUT2D eigenvalue weighted by Gasteiger charge is 2.19. The molecule has 70 valence electrons. The molecule has 0 saturated carbocycles. The number of hydrogen-bond acceptors (Lipinski definition) is 3. The molecule has 6 heteroatoms.